The summed E-state index contributed by atoms with van der Waals surface area (Å²) in [6.07, 6.45) is 7.10. The average molecular weight is 914 g/mol. The number of nitrogens with zero attached hydrogens (tertiary/aromatic N) is 7. The highest BCUT2D eigenvalue weighted by Gasteiger charge is 2.38. The molecular weight excluding hydrogens is 865 g/mol. The van der Waals surface area contributed by atoms with Gasteiger partial charge in [-0.15, -0.1) is 0 Å². The molecule has 0 spiro atoms. The van der Waals surface area contributed by atoms with Crippen LogP contribution in [0.2, 0.25) is 0 Å². The number of rotatable bonds is 13. The SMILES string of the molecule is CCN(C)S(=O)(=O)Nc1ccc(F)c(C(=O)c2c[nH]c3ncc(-c4ccc(N5CCN(C(=O)CC6(O)CCN(c7ncc(NC8CCC(=O)NC8=O)cc7F)CC6)CC5)nc4)cc23)c1C. The first kappa shape index (κ1) is 45.0. The second kappa shape index (κ2) is 18.1. The Balaban J connectivity index is 0.851. The third kappa shape index (κ3) is 9.48. The smallest absolute Gasteiger partial charge is 0.301 e. The Kier molecular flexibility index (Phi) is 12.5. The number of carbonyl (C=O) groups is 4. The Morgan fingerprint density at radius 1 is 0.938 bits per heavy atom. The number of benzene rings is 1. The number of piperazine rings is 1. The van der Waals surface area contributed by atoms with Gasteiger partial charge in [0.25, 0.3) is 0 Å². The largest absolute Gasteiger partial charge is 0.389 e. The monoisotopic (exact) mass is 913 g/mol. The van der Waals surface area contributed by atoms with Crippen molar-refractivity contribution in [1.29, 1.82) is 0 Å². The van der Waals surface area contributed by atoms with Crippen molar-refractivity contribution in [2.75, 3.05) is 72.7 Å². The number of aromatic amines is 1. The van der Waals surface area contributed by atoms with Gasteiger partial charge in [-0.05, 0) is 62.1 Å². The fourth-order valence-corrected chi connectivity index (χ4v) is 9.34. The lowest BCUT2D eigenvalue weighted by Gasteiger charge is -2.40. The quantitative estimate of drug-likeness (QED) is 0.0840. The molecule has 1 unspecified atom stereocenters. The number of amides is 3. The number of aromatic nitrogens is 4. The molecule has 0 saturated carbocycles. The summed E-state index contributed by atoms with van der Waals surface area (Å²) in [5.41, 5.74) is 0.954. The zero-order valence-electron chi connectivity index (χ0n) is 36.0. The number of fused-ring (bicyclic) bond motifs is 1. The molecule has 3 aliphatic heterocycles. The van der Waals surface area contributed by atoms with Gasteiger partial charge in [-0.2, -0.15) is 12.7 Å². The predicted molar refractivity (Wildman–Crippen MR) is 239 cm³/mol. The number of imide groups is 1. The van der Waals surface area contributed by atoms with E-state index in [1.54, 1.807) is 35.2 Å². The molecule has 18 nitrogen and oxygen atoms in total. The molecule has 0 bridgehead atoms. The van der Waals surface area contributed by atoms with Crippen LogP contribution in [0.1, 0.15) is 60.5 Å². The first-order valence-electron chi connectivity index (χ1n) is 21.3. The van der Waals surface area contributed by atoms with E-state index in [0.29, 0.717) is 66.3 Å². The lowest BCUT2D eigenvalue weighted by atomic mass is 9.87. The van der Waals surface area contributed by atoms with Gasteiger partial charge >= 0.3 is 10.2 Å². The van der Waals surface area contributed by atoms with Crippen LogP contribution in [0.15, 0.2) is 61.2 Å². The number of hydrogen-bond acceptors (Lipinski definition) is 13. The van der Waals surface area contributed by atoms with Gasteiger partial charge in [0.05, 0.1) is 35.2 Å². The third-order valence-corrected chi connectivity index (χ3v) is 14.0. The van der Waals surface area contributed by atoms with Gasteiger partial charge in [0.15, 0.2) is 17.4 Å². The van der Waals surface area contributed by atoms with Crippen molar-refractivity contribution in [2.45, 2.75) is 57.6 Å². The summed E-state index contributed by atoms with van der Waals surface area (Å²) in [5, 5.41) is 17.0. The second-order valence-electron chi connectivity index (χ2n) is 16.6. The van der Waals surface area contributed by atoms with Gasteiger partial charge in [-0.3, -0.25) is 29.2 Å². The van der Waals surface area contributed by atoms with Crippen LogP contribution in [0.3, 0.4) is 0 Å². The maximum Gasteiger partial charge on any atom is 0.301 e. The number of pyridine rings is 3. The average Bonchev–Trinajstić information content (AvgIpc) is 3.72. The highest BCUT2D eigenvalue weighted by molar-refractivity contribution is 7.90. The van der Waals surface area contributed by atoms with E-state index < -0.39 is 45.2 Å². The summed E-state index contributed by atoms with van der Waals surface area (Å²) in [6.45, 7) is 5.82. The van der Waals surface area contributed by atoms with Gasteiger partial charge in [0, 0.05) is 106 Å². The molecule has 5 N–H and O–H groups in total. The minimum absolute atomic E-state index is 0.0648. The molecule has 7 heterocycles. The van der Waals surface area contributed by atoms with E-state index in [4.69, 9.17) is 0 Å². The highest BCUT2D eigenvalue weighted by Crippen LogP contribution is 2.33. The molecule has 3 fully saturated rings. The van der Waals surface area contributed by atoms with Crippen LogP contribution >= 0.6 is 0 Å². The van der Waals surface area contributed by atoms with Crippen molar-refractivity contribution in [3.8, 4) is 11.1 Å². The Morgan fingerprint density at radius 2 is 1.68 bits per heavy atom. The van der Waals surface area contributed by atoms with Crippen LogP contribution in [0.25, 0.3) is 22.2 Å². The van der Waals surface area contributed by atoms with E-state index in [9.17, 15) is 32.7 Å². The topological polar surface area (TPSA) is 226 Å². The van der Waals surface area contributed by atoms with Crippen LogP contribution in [-0.4, -0.2) is 131 Å². The summed E-state index contributed by atoms with van der Waals surface area (Å²) in [4.78, 5) is 72.8. The van der Waals surface area contributed by atoms with Gasteiger partial charge in [-0.25, -0.2) is 23.7 Å². The number of hydrogen-bond donors (Lipinski definition) is 5. The molecule has 1 aromatic carbocycles. The lowest BCUT2D eigenvalue weighted by molar-refractivity contribution is -0.138. The van der Waals surface area contributed by atoms with E-state index in [1.165, 1.54) is 38.5 Å². The van der Waals surface area contributed by atoms with E-state index in [0.717, 1.165) is 10.4 Å². The van der Waals surface area contributed by atoms with Gasteiger partial charge in [0.1, 0.15) is 23.3 Å². The van der Waals surface area contributed by atoms with Gasteiger partial charge in [-0.1, -0.05) is 6.92 Å². The molecule has 8 rings (SSSR count). The number of piperidine rings is 2. The summed E-state index contributed by atoms with van der Waals surface area (Å²) in [6, 6.07) is 8.42. The molecule has 3 amide bonds. The Hall–Kier alpha value is -6.58. The molecule has 3 aliphatic rings. The molecule has 1 atom stereocenters. The molecule has 4 aromatic heterocycles. The maximum absolute atomic E-state index is 15.3. The minimum Gasteiger partial charge on any atom is -0.389 e. The summed E-state index contributed by atoms with van der Waals surface area (Å²) >= 11 is 0. The van der Waals surface area contributed by atoms with Crippen molar-refractivity contribution in [3.05, 3.63) is 89.5 Å². The number of anilines is 4. The molecule has 5 aromatic rings. The third-order valence-electron chi connectivity index (χ3n) is 12.4. The van der Waals surface area contributed by atoms with E-state index in [-0.39, 0.29) is 85.3 Å². The number of halogens is 2. The fourth-order valence-electron chi connectivity index (χ4n) is 8.35. The summed E-state index contributed by atoms with van der Waals surface area (Å²) in [7, 11) is -2.52. The van der Waals surface area contributed by atoms with Crippen LogP contribution in [0.5, 0.6) is 0 Å². The fraction of sp³-hybridized carbons (Fsp3) is 0.386. The molecule has 65 heavy (non-hydrogen) atoms. The maximum atomic E-state index is 15.3. The molecule has 0 aliphatic carbocycles. The van der Waals surface area contributed by atoms with E-state index >= 15 is 8.78 Å². The number of nitrogens with one attached hydrogen (secondary N) is 4. The zero-order valence-corrected chi connectivity index (χ0v) is 36.8. The molecule has 0 radical (unpaired) electrons. The lowest BCUT2D eigenvalue weighted by Crippen LogP contribution is -2.52. The van der Waals surface area contributed by atoms with Crippen molar-refractivity contribution in [2.24, 2.45) is 0 Å². The van der Waals surface area contributed by atoms with Crippen LogP contribution in [0, 0.1) is 18.6 Å². The van der Waals surface area contributed by atoms with Crippen LogP contribution in [-0.2, 0) is 24.6 Å². The molecular formula is C44H49F2N11O7S. The van der Waals surface area contributed by atoms with E-state index in [2.05, 4.69) is 40.2 Å². The standard InChI is InChI=1S/C44H49F2N11O7S/c1-4-54(3)65(63,64)53-34-7-6-32(45)39(26(34)2)40(60)31-25-49-41-30(31)19-28(23-48-41)27-5-9-36(47-22-27)55-15-17-56(18-16-55)38(59)21-44(62)11-13-57(14-12-44)42-33(46)20-29(24-50-42)51-35-8-10-37(58)52-43(35)61/h5-7,9,19-20,22-25,35,51,53,62H,4,8,10-18,21H2,1-3H3,(H,48,49)(H,52,58,61). The first-order valence-corrected chi connectivity index (χ1v) is 22.7. The number of aliphatic hydroxyl groups is 1. The van der Waals surface area contributed by atoms with Crippen LogP contribution < -0.4 is 25.2 Å². The number of ketones is 1. The minimum atomic E-state index is -3.93. The number of H-pyrrole nitrogens is 1. The summed E-state index contributed by atoms with van der Waals surface area (Å²) < 4.78 is 59.4. The van der Waals surface area contributed by atoms with Crippen LogP contribution in [0.4, 0.5) is 31.8 Å². The highest BCUT2D eigenvalue weighted by atomic mass is 32.2. The van der Waals surface area contributed by atoms with Crippen molar-refractivity contribution >= 4 is 67.8 Å². The van der Waals surface area contributed by atoms with Crippen molar-refractivity contribution < 1.29 is 41.5 Å². The van der Waals surface area contributed by atoms with Crippen molar-refractivity contribution in [1.82, 2.24) is 34.5 Å². The molecule has 3 saturated heterocycles. The predicted octanol–water partition coefficient (Wildman–Crippen LogP) is 3.73. The normalized spacial score (nSPS) is 18.0. The molecule has 21 heteroatoms. The molecule has 342 valence electrons. The first-order chi connectivity index (χ1) is 31.0. The Morgan fingerprint density at radius 3 is 2.35 bits per heavy atom. The van der Waals surface area contributed by atoms with Gasteiger partial charge in [0.2, 0.25) is 17.7 Å². The van der Waals surface area contributed by atoms with E-state index in [1.807, 2.05) is 12.1 Å². The number of carbonyl (C=O) groups excluding carboxylic acids is 4. The Bertz CT molecular complexity index is 2770. The zero-order chi connectivity index (χ0) is 46.2. The second-order valence-corrected chi connectivity index (χ2v) is 18.4. The van der Waals surface area contributed by atoms with Crippen molar-refractivity contribution in [3.63, 3.8) is 0 Å². The Labute approximate surface area is 373 Å². The summed E-state index contributed by atoms with van der Waals surface area (Å²) in [5.74, 6) is -2.20. The van der Waals surface area contributed by atoms with Gasteiger partial charge < -0.3 is 30.1 Å².